The van der Waals surface area contributed by atoms with Gasteiger partial charge in [-0.3, -0.25) is 9.59 Å². The van der Waals surface area contributed by atoms with Crippen LogP contribution in [0.2, 0.25) is 0 Å². The largest absolute Gasteiger partial charge is 0.481 e. The van der Waals surface area contributed by atoms with Crippen molar-refractivity contribution in [1.29, 1.82) is 0 Å². The first-order valence-corrected chi connectivity index (χ1v) is 6.78. The molecule has 2 aliphatic carbocycles. The van der Waals surface area contributed by atoms with E-state index in [1.54, 1.807) is 0 Å². The fourth-order valence-electron chi connectivity index (χ4n) is 2.96. The van der Waals surface area contributed by atoms with E-state index in [-0.39, 0.29) is 49.5 Å². The van der Waals surface area contributed by atoms with E-state index in [0.29, 0.717) is 19.3 Å². The molecule has 0 aromatic rings. The van der Waals surface area contributed by atoms with Crippen LogP contribution in [0.15, 0.2) is 0 Å². The Balaban J connectivity index is 1.78. The maximum atomic E-state index is 13.0. The lowest BCUT2D eigenvalue weighted by Crippen LogP contribution is -2.40. The zero-order valence-corrected chi connectivity index (χ0v) is 10.7. The lowest BCUT2D eigenvalue weighted by molar-refractivity contribution is -0.141. The first kappa shape index (κ1) is 14.2. The monoisotopic (exact) mass is 275 g/mol. The third-order valence-electron chi connectivity index (χ3n) is 4.22. The van der Waals surface area contributed by atoms with Crippen LogP contribution in [0.4, 0.5) is 8.78 Å². The third kappa shape index (κ3) is 3.64. The molecular weight excluding hydrogens is 256 g/mol. The molecule has 1 amide bonds. The molecule has 0 spiro atoms. The van der Waals surface area contributed by atoms with Crippen LogP contribution in [0.1, 0.15) is 44.9 Å². The zero-order valence-electron chi connectivity index (χ0n) is 10.7. The van der Waals surface area contributed by atoms with Gasteiger partial charge in [-0.25, -0.2) is 8.78 Å². The number of carbonyl (C=O) groups is 2. The summed E-state index contributed by atoms with van der Waals surface area (Å²) in [4.78, 5) is 22.7. The summed E-state index contributed by atoms with van der Waals surface area (Å²) in [5.74, 6) is -4.37. The molecule has 0 heterocycles. The molecule has 6 heteroatoms. The highest BCUT2D eigenvalue weighted by Gasteiger charge is 2.38. The summed E-state index contributed by atoms with van der Waals surface area (Å²) in [6.45, 7) is 0. The molecular formula is C13H19F2NO3. The topological polar surface area (TPSA) is 66.4 Å². The van der Waals surface area contributed by atoms with Gasteiger partial charge in [0.1, 0.15) is 0 Å². The van der Waals surface area contributed by atoms with Crippen molar-refractivity contribution in [1.82, 2.24) is 5.32 Å². The van der Waals surface area contributed by atoms with Crippen LogP contribution >= 0.6 is 0 Å². The molecule has 2 N–H and O–H groups in total. The van der Waals surface area contributed by atoms with E-state index in [0.717, 1.165) is 0 Å². The van der Waals surface area contributed by atoms with Gasteiger partial charge in [-0.15, -0.1) is 0 Å². The predicted octanol–water partition coefficient (Wildman–Crippen LogP) is 2.18. The highest BCUT2D eigenvalue weighted by Crippen LogP contribution is 2.36. The summed E-state index contributed by atoms with van der Waals surface area (Å²) >= 11 is 0. The van der Waals surface area contributed by atoms with E-state index >= 15 is 0 Å². The summed E-state index contributed by atoms with van der Waals surface area (Å²) in [6, 6.07) is -0.115. The maximum absolute atomic E-state index is 13.0. The first-order chi connectivity index (χ1) is 8.87. The van der Waals surface area contributed by atoms with E-state index < -0.39 is 11.9 Å². The van der Waals surface area contributed by atoms with Crippen LogP contribution in [0.25, 0.3) is 0 Å². The Morgan fingerprint density at radius 3 is 2.21 bits per heavy atom. The van der Waals surface area contributed by atoms with E-state index in [2.05, 4.69) is 5.32 Å². The second kappa shape index (κ2) is 5.43. The van der Waals surface area contributed by atoms with Crippen molar-refractivity contribution in [3.63, 3.8) is 0 Å². The fraction of sp³-hybridized carbons (Fsp3) is 0.846. The van der Waals surface area contributed by atoms with Gasteiger partial charge >= 0.3 is 5.97 Å². The fourth-order valence-corrected chi connectivity index (χ4v) is 2.96. The third-order valence-corrected chi connectivity index (χ3v) is 4.22. The molecule has 0 unspecified atom stereocenters. The normalized spacial score (nSPS) is 31.1. The standard InChI is InChI=1S/C13H19F2NO3/c14-13(15)5-3-8(4-6-13)11(17)16-10-2-1-9(7-10)12(18)19/h8-10H,1-7H2,(H,16,17)(H,18,19)/t9-,10+/m1/s1. The van der Waals surface area contributed by atoms with Crippen molar-refractivity contribution < 1.29 is 23.5 Å². The summed E-state index contributed by atoms with van der Waals surface area (Å²) < 4.78 is 26.0. The van der Waals surface area contributed by atoms with Gasteiger partial charge in [0.15, 0.2) is 0 Å². The molecule has 108 valence electrons. The number of amides is 1. The highest BCUT2D eigenvalue weighted by molar-refractivity contribution is 5.79. The van der Waals surface area contributed by atoms with Crippen molar-refractivity contribution in [2.75, 3.05) is 0 Å². The Labute approximate surface area is 110 Å². The van der Waals surface area contributed by atoms with Crippen LogP contribution in [0, 0.1) is 11.8 Å². The minimum Gasteiger partial charge on any atom is -0.481 e. The van der Waals surface area contributed by atoms with Crippen LogP contribution in [0.3, 0.4) is 0 Å². The molecule has 0 aliphatic heterocycles. The van der Waals surface area contributed by atoms with Gasteiger partial charge in [0, 0.05) is 24.8 Å². The van der Waals surface area contributed by atoms with Crippen molar-refractivity contribution in [3.8, 4) is 0 Å². The van der Waals surface area contributed by atoms with Gasteiger partial charge in [-0.05, 0) is 32.1 Å². The maximum Gasteiger partial charge on any atom is 0.306 e. The van der Waals surface area contributed by atoms with Gasteiger partial charge in [0.2, 0.25) is 11.8 Å². The number of carbonyl (C=O) groups excluding carboxylic acids is 1. The Bertz CT molecular complexity index is 363. The van der Waals surface area contributed by atoms with Crippen molar-refractivity contribution >= 4 is 11.9 Å². The van der Waals surface area contributed by atoms with Gasteiger partial charge in [0.25, 0.3) is 0 Å². The van der Waals surface area contributed by atoms with E-state index in [4.69, 9.17) is 5.11 Å². The molecule has 2 saturated carbocycles. The zero-order chi connectivity index (χ0) is 14.0. The molecule has 2 fully saturated rings. The number of aliphatic carboxylic acids is 1. The van der Waals surface area contributed by atoms with Crippen LogP contribution in [0.5, 0.6) is 0 Å². The Morgan fingerprint density at radius 2 is 1.68 bits per heavy atom. The molecule has 2 atom stereocenters. The Kier molecular flexibility index (Phi) is 4.06. The van der Waals surface area contributed by atoms with Crippen LogP contribution in [-0.4, -0.2) is 28.9 Å². The van der Waals surface area contributed by atoms with Crippen molar-refractivity contribution in [2.45, 2.75) is 56.9 Å². The van der Waals surface area contributed by atoms with E-state index in [1.807, 2.05) is 0 Å². The number of halogens is 2. The predicted molar refractivity (Wildman–Crippen MR) is 63.8 cm³/mol. The van der Waals surface area contributed by atoms with Gasteiger partial charge in [0.05, 0.1) is 5.92 Å². The lowest BCUT2D eigenvalue weighted by Gasteiger charge is -2.28. The molecule has 0 aromatic heterocycles. The summed E-state index contributed by atoms with van der Waals surface area (Å²) in [7, 11) is 0. The molecule has 0 aromatic carbocycles. The Hall–Kier alpha value is -1.20. The average Bonchev–Trinajstić information content (AvgIpc) is 2.77. The average molecular weight is 275 g/mol. The SMILES string of the molecule is O=C(N[C@H]1CC[C@@H](C(=O)O)C1)C1CCC(F)(F)CC1. The molecule has 0 radical (unpaired) electrons. The van der Waals surface area contributed by atoms with Gasteiger partial charge in [-0.1, -0.05) is 0 Å². The minimum absolute atomic E-state index is 0.115. The summed E-state index contributed by atoms with van der Waals surface area (Å²) in [5, 5.41) is 11.7. The molecule has 0 saturated heterocycles. The molecule has 2 aliphatic rings. The highest BCUT2D eigenvalue weighted by atomic mass is 19.3. The van der Waals surface area contributed by atoms with Crippen molar-refractivity contribution in [2.24, 2.45) is 11.8 Å². The van der Waals surface area contributed by atoms with E-state index in [1.165, 1.54) is 0 Å². The number of alkyl halides is 2. The molecule has 4 nitrogen and oxygen atoms in total. The van der Waals surface area contributed by atoms with Gasteiger partial charge < -0.3 is 10.4 Å². The molecule has 2 rings (SSSR count). The first-order valence-electron chi connectivity index (χ1n) is 6.78. The van der Waals surface area contributed by atoms with Gasteiger partial charge in [-0.2, -0.15) is 0 Å². The number of hydrogen-bond acceptors (Lipinski definition) is 2. The second-order valence-electron chi connectivity index (χ2n) is 5.68. The number of carboxylic acids is 1. The number of rotatable bonds is 3. The summed E-state index contributed by atoms with van der Waals surface area (Å²) in [6.07, 6.45) is 1.65. The minimum atomic E-state index is -2.63. The lowest BCUT2D eigenvalue weighted by atomic mass is 9.86. The molecule has 19 heavy (non-hydrogen) atoms. The van der Waals surface area contributed by atoms with Crippen LogP contribution in [-0.2, 0) is 9.59 Å². The second-order valence-corrected chi connectivity index (χ2v) is 5.68. The number of carboxylic acid groups (broad SMARTS) is 1. The molecule has 0 bridgehead atoms. The number of nitrogens with one attached hydrogen (secondary N) is 1. The number of hydrogen-bond donors (Lipinski definition) is 2. The summed E-state index contributed by atoms with van der Waals surface area (Å²) in [5.41, 5.74) is 0. The smallest absolute Gasteiger partial charge is 0.306 e. The Morgan fingerprint density at radius 1 is 1.05 bits per heavy atom. The van der Waals surface area contributed by atoms with Crippen molar-refractivity contribution in [3.05, 3.63) is 0 Å². The van der Waals surface area contributed by atoms with E-state index in [9.17, 15) is 18.4 Å². The quantitative estimate of drug-likeness (QED) is 0.829. The van der Waals surface area contributed by atoms with Crippen LogP contribution < -0.4 is 5.32 Å².